The Morgan fingerprint density at radius 2 is 2.00 bits per heavy atom. The van der Waals surface area contributed by atoms with Crippen LogP contribution in [0, 0.1) is 0 Å². The van der Waals surface area contributed by atoms with Gasteiger partial charge in [0.25, 0.3) is 0 Å². The standard InChI is InChI=1S/C14H13BrClNOS/c15-11-9-10(17)5-6-14(11)19-8-7-18-13-4-2-1-3-12(13)16/h1-6,9H,7-8,17H2. The van der Waals surface area contributed by atoms with Crippen molar-refractivity contribution in [3.8, 4) is 5.75 Å². The molecule has 19 heavy (non-hydrogen) atoms. The summed E-state index contributed by atoms with van der Waals surface area (Å²) < 4.78 is 6.64. The fourth-order valence-electron chi connectivity index (χ4n) is 1.50. The van der Waals surface area contributed by atoms with Crippen LogP contribution in [0.3, 0.4) is 0 Å². The molecular formula is C14H13BrClNOS. The number of thioether (sulfide) groups is 1. The topological polar surface area (TPSA) is 35.2 Å². The van der Waals surface area contributed by atoms with Crippen LogP contribution in [-0.4, -0.2) is 12.4 Å². The van der Waals surface area contributed by atoms with Crippen LogP contribution in [0.25, 0.3) is 0 Å². The number of hydrogen-bond acceptors (Lipinski definition) is 3. The van der Waals surface area contributed by atoms with Crippen molar-refractivity contribution in [1.82, 2.24) is 0 Å². The lowest BCUT2D eigenvalue weighted by Gasteiger charge is -2.08. The molecule has 5 heteroatoms. The Hall–Kier alpha value is -0.840. The van der Waals surface area contributed by atoms with Gasteiger partial charge in [-0.3, -0.25) is 0 Å². The van der Waals surface area contributed by atoms with Crippen LogP contribution in [0.2, 0.25) is 5.02 Å². The first-order valence-electron chi connectivity index (χ1n) is 5.72. The fraction of sp³-hybridized carbons (Fsp3) is 0.143. The number of rotatable bonds is 5. The van der Waals surface area contributed by atoms with E-state index in [4.69, 9.17) is 22.1 Å². The van der Waals surface area contributed by atoms with Gasteiger partial charge in [-0.1, -0.05) is 23.7 Å². The molecule has 0 amide bonds. The molecule has 0 fully saturated rings. The minimum atomic E-state index is 0.602. The number of anilines is 1. The van der Waals surface area contributed by atoms with E-state index in [9.17, 15) is 0 Å². The normalized spacial score (nSPS) is 10.4. The van der Waals surface area contributed by atoms with Crippen molar-refractivity contribution in [3.05, 3.63) is 52.0 Å². The Morgan fingerprint density at radius 1 is 1.21 bits per heavy atom. The Bertz CT molecular complexity index is 565. The van der Waals surface area contributed by atoms with Crippen LogP contribution in [-0.2, 0) is 0 Å². The molecule has 100 valence electrons. The summed E-state index contributed by atoms with van der Waals surface area (Å²) in [5.74, 6) is 1.56. The SMILES string of the molecule is Nc1ccc(SCCOc2ccccc2Cl)c(Br)c1. The van der Waals surface area contributed by atoms with Crippen LogP contribution in [0.15, 0.2) is 51.8 Å². The average molecular weight is 359 g/mol. The summed E-state index contributed by atoms with van der Waals surface area (Å²) in [5, 5.41) is 0.640. The lowest BCUT2D eigenvalue weighted by Crippen LogP contribution is -2.00. The number of nitrogen functional groups attached to an aromatic ring is 1. The van der Waals surface area contributed by atoms with E-state index in [1.54, 1.807) is 11.8 Å². The first-order valence-corrected chi connectivity index (χ1v) is 7.87. The second kappa shape index (κ2) is 7.08. The second-order valence-corrected chi connectivity index (χ2v) is 6.22. The largest absolute Gasteiger partial charge is 0.491 e. The number of halogens is 2. The average Bonchev–Trinajstić information content (AvgIpc) is 2.38. The molecule has 0 aliphatic carbocycles. The summed E-state index contributed by atoms with van der Waals surface area (Å²) in [5.41, 5.74) is 6.45. The Labute approximate surface area is 130 Å². The minimum absolute atomic E-state index is 0.602. The molecule has 0 aliphatic rings. The maximum atomic E-state index is 6.01. The van der Waals surface area contributed by atoms with Gasteiger partial charge in [0.15, 0.2) is 0 Å². The van der Waals surface area contributed by atoms with Crippen molar-refractivity contribution in [2.45, 2.75) is 4.90 Å². The van der Waals surface area contributed by atoms with Gasteiger partial charge < -0.3 is 10.5 Å². The predicted molar refractivity (Wildman–Crippen MR) is 86.2 cm³/mol. The van der Waals surface area contributed by atoms with Crippen molar-refractivity contribution < 1.29 is 4.74 Å². The molecule has 0 unspecified atom stereocenters. The summed E-state index contributed by atoms with van der Waals surface area (Å²) in [6, 6.07) is 13.3. The molecule has 0 spiro atoms. The Morgan fingerprint density at radius 3 is 2.74 bits per heavy atom. The first-order chi connectivity index (χ1) is 9.16. The number of ether oxygens (including phenoxy) is 1. The molecule has 0 heterocycles. The minimum Gasteiger partial charge on any atom is -0.491 e. The van der Waals surface area contributed by atoms with Crippen LogP contribution in [0.5, 0.6) is 5.75 Å². The van der Waals surface area contributed by atoms with Gasteiger partial charge in [0.2, 0.25) is 0 Å². The van der Waals surface area contributed by atoms with E-state index >= 15 is 0 Å². The molecule has 2 aromatic carbocycles. The smallest absolute Gasteiger partial charge is 0.137 e. The molecule has 0 saturated carbocycles. The van der Waals surface area contributed by atoms with Crippen molar-refractivity contribution >= 4 is 45.0 Å². The van der Waals surface area contributed by atoms with Gasteiger partial charge in [-0.15, -0.1) is 11.8 Å². The zero-order chi connectivity index (χ0) is 13.7. The summed E-state index contributed by atoms with van der Waals surface area (Å²) in [4.78, 5) is 1.15. The van der Waals surface area contributed by atoms with Crippen molar-refractivity contribution in [2.24, 2.45) is 0 Å². The molecule has 2 rings (SSSR count). The number of benzene rings is 2. The molecule has 0 saturated heterocycles. The molecule has 0 bridgehead atoms. The third-order valence-corrected chi connectivity index (χ3v) is 4.66. The molecule has 0 aliphatic heterocycles. The molecule has 0 atom stereocenters. The van der Waals surface area contributed by atoms with E-state index in [1.807, 2.05) is 42.5 Å². The van der Waals surface area contributed by atoms with Crippen molar-refractivity contribution in [1.29, 1.82) is 0 Å². The lowest BCUT2D eigenvalue weighted by atomic mass is 10.3. The van der Waals surface area contributed by atoms with Gasteiger partial charge in [-0.05, 0) is 46.3 Å². The molecule has 2 aromatic rings. The summed E-state index contributed by atoms with van der Waals surface area (Å²) in [7, 11) is 0. The fourth-order valence-corrected chi connectivity index (χ4v) is 3.18. The zero-order valence-corrected chi connectivity index (χ0v) is 13.3. The van der Waals surface area contributed by atoms with E-state index in [0.717, 1.165) is 26.6 Å². The molecule has 0 aromatic heterocycles. The summed E-state index contributed by atoms with van der Waals surface area (Å²) in [6.07, 6.45) is 0. The van der Waals surface area contributed by atoms with Gasteiger partial charge in [0.1, 0.15) is 5.75 Å². The van der Waals surface area contributed by atoms with Gasteiger partial charge >= 0.3 is 0 Å². The zero-order valence-electron chi connectivity index (χ0n) is 10.1. The summed E-state index contributed by atoms with van der Waals surface area (Å²) in [6.45, 7) is 0.602. The highest BCUT2D eigenvalue weighted by atomic mass is 79.9. The van der Waals surface area contributed by atoms with Gasteiger partial charge in [0, 0.05) is 20.8 Å². The second-order valence-electron chi connectivity index (χ2n) is 3.82. The van der Waals surface area contributed by atoms with Crippen LogP contribution in [0.1, 0.15) is 0 Å². The van der Waals surface area contributed by atoms with Crippen molar-refractivity contribution in [2.75, 3.05) is 18.1 Å². The third-order valence-electron chi connectivity index (χ3n) is 2.39. The van der Waals surface area contributed by atoms with Crippen LogP contribution < -0.4 is 10.5 Å². The molecule has 2 N–H and O–H groups in total. The first kappa shape index (κ1) is 14.6. The van der Waals surface area contributed by atoms with Gasteiger partial charge in [-0.2, -0.15) is 0 Å². The maximum Gasteiger partial charge on any atom is 0.137 e. The van der Waals surface area contributed by atoms with Gasteiger partial charge in [-0.25, -0.2) is 0 Å². The van der Waals surface area contributed by atoms with Gasteiger partial charge in [0.05, 0.1) is 11.6 Å². The number of nitrogens with two attached hydrogens (primary N) is 1. The van der Waals surface area contributed by atoms with E-state index < -0.39 is 0 Å². The molecule has 2 nitrogen and oxygen atoms in total. The van der Waals surface area contributed by atoms with E-state index in [-0.39, 0.29) is 0 Å². The van der Waals surface area contributed by atoms with Crippen LogP contribution in [0.4, 0.5) is 5.69 Å². The monoisotopic (exact) mass is 357 g/mol. The molecular weight excluding hydrogens is 346 g/mol. The highest BCUT2D eigenvalue weighted by Crippen LogP contribution is 2.29. The number of para-hydroxylation sites is 1. The van der Waals surface area contributed by atoms with Crippen molar-refractivity contribution in [3.63, 3.8) is 0 Å². The Kier molecular flexibility index (Phi) is 5.43. The van der Waals surface area contributed by atoms with E-state index in [1.165, 1.54) is 0 Å². The number of hydrogen-bond donors (Lipinski definition) is 1. The third kappa shape index (κ3) is 4.34. The summed E-state index contributed by atoms with van der Waals surface area (Å²) >= 11 is 11.2. The molecule has 0 radical (unpaired) electrons. The Balaban J connectivity index is 1.83. The van der Waals surface area contributed by atoms with Crippen LogP contribution >= 0.6 is 39.3 Å². The van der Waals surface area contributed by atoms with E-state index in [2.05, 4.69) is 15.9 Å². The quantitative estimate of drug-likeness (QED) is 0.471. The predicted octanol–water partition coefficient (Wildman–Crippen LogP) is 4.86. The highest BCUT2D eigenvalue weighted by molar-refractivity contribution is 9.10. The highest BCUT2D eigenvalue weighted by Gasteiger charge is 2.02. The maximum absolute atomic E-state index is 6.01. The lowest BCUT2D eigenvalue weighted by molar-refractivity contribution is 0.344. The van der Waals surface area contributed by atoms with E-state index in [0.29, 0.717) is 11.6 Å².